The number of carbonyl (C=O) groups is 1. The second-order valence-corrected chi connectivity index (χ2v) is 5.69. The molecule has 1 aromatic rings. The van der Waals surface area contributed by atoms with Crippen molar-refractivity contribution in [3.63, 3.8) is 0 Å². The molecule has 1 aliphatic heterocycles. The van der Waals surface area contributed by atoms with E-state index in [1.165, 1.54) is 0 Å². The average Bonchev–Trinajstić information content (AvgIpc) is 2.68. The third-order valence-electron chi connectivity index (χ3n) is 3.56. The predicted molar refractivity (Wildman–Crippen MR) is 77.6 cm³/mol. The van der Waals surface area contributed by atoms with Crippen molar-refractivity contribution < 1.29 is 4.79 Å². The van der Waals surface area contributed by atoms with Gasteiger partial charge >= 0.3 is 0 Å². The quantitative estimate of drug-likeness (QED) is 0.883. The molecule has 1 fully saturated rings. The molecule has 3 nitrogen and oxygen atoms in total. The van der Waals surface area contributed by atoms with Crippen LogP contribution in [0.15, 0.2) is 30.3 Å². The van der Waals surface area contributed by atoms with Crippen LogP contribution in [0.1, 0.15) is 45.2 Å². The first-order valence-electron chi connectivity index (χ1n) is 7.25. The molecule has 1 aliphatic rings. The van der Waals surface area contributed by atoms with E-state index in [4.69, 9.17) is 0 Å². The predicted octanol–water partition coefficient (Wildman–Crippen LogP) is 2.94. The van der Waals surface area contributed by atoms with Gasteiger partial charge in [0.2, 0.25) is 5.91 Å². The number of nitrogens with zero attached hydrogens (tertiary/aromatic N) is 1. The molecule has 2 unspecified atom stereocenters. The maximum Gasteiger partial charge on any atom is 0.245 e. The Hall–Kier alpha value is -1.35. The van der Waals surface area contributed by atoms with Gasteiger partial charge in [-0.3, -0.25) is 10.1 Å². The van der Waals surface area contributed by atoms with Crippen LogP contribution in [0.3, 0.4) is 0 Å². The minimum Gasteiger partial charge on any atom is -0.325 e. The van der Waals surface area contributed by atoms with Crippen LogP contribution in [0, 0.1) is 5.92 Å². The Morgan fingerprint density at radius 2 is 1.95 bits per heavy atom. The Morgan fingerprint density at radius 1 is 1.26 bits per heavy atom. The van der Waals surface area contributed by atoms with Gasteiger partial charge in [0, 0.05) is 6.54 Å². The lowest BCUT2D eigenvalue weighted by molar-refractivity contribution is -0.130. The van der Waals surface area contributed by atoms with E-state index < -0.39 is 0 Å². The maximum absolute atomic E-state index is 12.6. The van der Waals surface area contributed by atoms with E-state index in [2.05, 4.69) is 26.1 Å². The van der Waals surface area contributed by atoms with E-state index in [0.29, 0.717) is 5.92 Å². The maximum atomic E-state index is 12.6. The molecule has 0 aromatic heterocycles. The fraction of sp³-hybridized carbons (Fsp3) is 0.562. The molecular formula is C16H24N2O. The van der Waals surface area contributed by atoms with Gasteiger partial charge in [-0.25, -0.2) is 0 Å². The van der Waals surface area contributed by atoms with E-state index in [9.17, 15) is 4.79 Å². The van der Waals surface area contributed by atoms with E-state index in [1.54, 1.807) is 0 Å². The summed E-state index contributed by atoms with van der Waals surface area (Å²) in [4.78, 5) is 14.6. The largest absolute Gasteiger partial charge is 0.325 e. The topological polar surface area (TPSA) is 32.3 Å². The normalized spacial score (nSPS) is 23.4. The monoisotopic (exact) mass is 260 g/mol. The van der Waals surface area contributed by atoms with E-state index in [1.807, 2.05) is 35.2 Å². The SMILES string of the molecule is CCCN1C(=O)C(c2ccccc2)NC1CC(C)C. The van der Waals surface area contributed by atoms with Crippen LogP contribution >= 0.6 is 0 Å². The first-order valence-corrected chi connectivity index (χ1v) is 7.25. The molecule has 0 spiro atoms. The summed E-state index contributed by atoms with van der Waals surface area (Å²) in [5.41, 5.74) is 1.07. The lowest BCUT2D eigenvalue weighted by Gasteiger charge is -2.24. The second kappa shape index (κ2) is 6.20. The number of nitrogens with one attached hydrogen (secondary N) is 1. The summed E-state index contributed by atoms with van der Waals surface area (Å²) in [5, 5.41) is 3.50. The molecule has 3 heteroatoms. The minimum absolute atomic E-state index is 0.170. The van der Waals surface area contributed by atoms with Crippen LogP contribution in [0.5, 0.6) is 0 Å². The van der Waals surface area contributed by atoms with Crippen molar-refractivity contribution in [3.8, 4) is 0 Å². The number of benzene rings is 1. The first kappa shape index (κ1) is 14.1. The van der Waals surface area contributed by atoms with Gasteiger partial charge in [-0.05, 0) is 24.3 Å². The van der Waals surface area contributed by atoms with Gasteiger partial charge in [0.15, 0.2) is 0 Å². The Balaban J connectivity index is 2.17. The number of rotatable bonds is 5. The highest BCUT2D eigenvalue weighted by Crippen LogP contribution is 2.27. The summed E-state index contributed by atoms with van der Waals surface area (Å²) in [6.07, 6.45) is 2.19. The Morgan fingerprint density at radius 3 is 2.53 bits per heavy atom. The van der Waals surface area contributed by atoms with Crippen LogP contribution in [0.4, 0.5) is 0 Å². The van der Waals surface area contributed by atoms with Crippen molar-refractivity contribution in [1.82, 2.24) is 10.2 Å². The Bertz CT molecular complexity index is 416. The van der Waals surface area contributed by atoms with Crippen molar-refractivity contribution >= 4 is 5.91 Å². The van der Waals surface area contributed by atoms with Crippen LogP contribution in [-0.2, 0) is 4.79 Å². The van der Waals surface area contributed by atoms with Gasteiger partial charge in [-0.1, -0.05) is 51.1 Å². The van der Waals surface area contributed by atoms with Gasteiger partial charge in [0.05, 0.1) is 6.17 Å². The lowest BCUT2D eigenvalue weighted by Crippen LogP contribution is -2.38. The molecule has 1 amide bonds. The zero-order valence-corrected chi connectivity index (χ0v) is 12.1. The molecule has 1 heterocycles. The van der Waals surface area contributed by atoms with Gasteiger partial charge in [0.1, 0.15) is 6.04 Å². The van der Waals surface area contributed by atoms with Crippen LogP contribution in [0.2, 0.25) is 0 Å². The van der Waals surface area contributed by atoms with E-state index in [0.717, 1.165) is 24.9 Å². The first-order chi connectivity index (χ1) is 9.13. The summed E-state index contributed by atoms with van der Waals surface area (Å²) in [6.45, 7) is 7.36. The van der Waals surface area contributed by atoms with Crippen molar-refractivity contribution in [2.45, 2.75) is 45.8 Å². The summed E-state index contributed by atoms with van der Waals surface area (Å²) < 4.78 is 0. The molecule has 0 bridgehead atoms. The van der Waals surface area contributed by atoms with Crippen molar-refractivity contribution in [2.24, 2.45) is 5.92 Å². The molecule has 104 valence electrons. The number of carbonyl (C=O) groups excluding carboxylic acids is 1. The third-order valence-corrected chi connectivity index (χ3v) is 3.56. The third kappa shape index (κ3) is 3.16. The molecule has 2 rings (SSSR count). The zero-order chi connectivity index (χ0) is 13.8. The lowest BCUT2D eigenvalue weighted by atomic mass is 10.1. The highest BCUT2D eigenvalue weighted by atomic mass is 16.2. The summed E-state index contributed by atoms with van der Waals surface area (Å²) in [6, 6.07) is 9.85. The van der Waals surface area contributed by atoms with Crippen molar-refractivity contribution in [2.75, 3.05) is 6.54 Å². The molecular weight excluding hydrogens is 236 g/mol. The number of hydrogen-bond acceptors (Lipinski definition) is 2. The van der Waals surface area contributed by atoms with Gasteiger partial charge in [0.25, 0.3) is 0 Å². The van der Waals surface area contributed by atoms with Crippen LogP contribution in [0.25, 0.3) is 0 Å². The van der Waals surface area contributed by atoms with E-state index >= 15 is 0 Å². The molecule has 0 aliphatic carbocycles. The van der Waals surface area contributed by atoms with Crippen LogP contribution < -0.4 is 5.32 Å². The zero-order valence-electron chi connectivity index (χ0n) is 12.1. The fourth-order valence-corrected chi connectivity index (χ4v) is 2.71. The van der Waals surface area contributed by atoms with Crippen LogP contribution in [-0.4, -0.2) is 23.5 Å². The molecule has 0 saturated carbocycles. The molecule has 2 atom stereocenters. The summed E-state index contributed by atoms with van der Waals surface area (Å²) in [7, 11) is 0. The van der Waals surface area contributed by atoms with Crippen molar-refractivity contribution in [1.29, 1.82) is 0 Å². The molecule has 0 radical (unpaired) electrons. The van der Waals surface area contributed by atoms with Crippen molar-refractivity contribution in [3.05, 3.63) is 35.9 Å². The molecule has 1 saturated heterocycles. The van der Waals surface area contributed by atoms with Gasteiger partial charge in [-0.2, -0.15) is 0 Å². The summed E-state index contributed by atoms with van der Waals surface area (Å²) >= 11 is 0. The molecule has 1 aromatic carbocycles. The highest BCUT2D eigenvalue weighted by molar-refractivity contribution is 5.85. The smallest absolute Gasteiger partial charge is 0.245 e. The highest BCUT2D eigenvalue weighted by Gasteiger charge is 2.38. The number of hydrogen-bond donors (Lipinski definition) is 1. The fourth-order valence-electron chi connectivity index (χ4n) is 2.71. The Kier molecular flexibility index (Phi) is 4.59. The number of amides is 1. The van der Waals surface area contributed by atoms with E-state index in [-0.39, 0.29) is 18.1 Å². The molecule has 1 N–H and O–H groups in total. The van der Waals surface area contributed by atoms with Gasteiger partial charge in [-0.15, -0.1) is 0 Å². The molecule has 19 heavy (non-hydrogen) atoms. The Labute approximate surface area is 116 Å². The summed E-state index contributed by atoms with van der Waals surface area (Å²) in [5.74, 6) is 0.804. The van der Waals surface area contributed by atoms with Gasteiger partial charge < -0.3 is 4.90 Å². The standard InChI is InChI=1S/C16H24N2O/c1-4-10-18-14(11-12(2)3)17-15(16(18)19)13-8-6-5-7-9-13/h5-9,12,14-15,17H,4,10-11H2,1-3H3. The average molecular weight is 260 g/mol. The second-order valence-electron chi connectivity index (χ2n) is 5.69. The minimum atomic E-state index is -0.170.